The third-order valence-corrected chi connectivity index (χ3v) is 3.54. The summed E-state index contributed by atoms with van der Waals surface area (Å²) >= 11 is 0. The summed E-state index contributed by atoms with van der Waals surface area (Å²) in [4.78, 5) is 23.8. The molecule has 6 nitrogen and oxygen atoms in total. The quantitative estimate of drug-likeness (QED) is 0.693. The minimum atomic E-state index is -0.612. The van der Waals surface area contributed by atoms with Gasteiger partial charge in [-0.15, -0.1) is 0 Å². The Labute approximate surface area is 149 Å². The van der Waals surface area contributed by atoms with Crippen molar-refractivity contribution in [1.29, 1.82) is 0 Å². The summed E-state index contributed by atoms with van der Waals surface area (Å²) in [5.41, 5.74) is 1.46. The number of aromatic nitrogens is 2. The molecule has 7 heteroatoms. The molecular formula is C19H15FN4O2. The summed E-state index contributed by atoms with van der Waals surface area (Å²) in [6.45, 7) is 3.31. The van der Waals surface area contributed by atoms with E-state index in [2.05, 4.69) is 22.3 Å². The molecule has 0 saturated heterocycles. The van der Waals surface area contributed by atoms with Crippen LogP contribution in [-0.4, -0.2) is 21.6 Å². The normalized spacial score (nSPS) is 10.2. The van der Waals surface area contributed by atoms with E-state index in [1.54, 1.807) is 41.3 Å². The Morgan fingerprint density at radius 2 is 1.96 bits per heavy atom. The SMILES string of the molecule is C=CC(=O)Nc1cc(NC(=O)c2cccc(-n3cccn3)c2)ccc1F. The molecule has 0 bridgehead atoms. The number of hydrogen-bond donors (Lipinski definition) is 2. The second-order valence-corrected chi connectivity index (χ2v) is 5.34. The molecule has 1 aromatic heterocycles. The summed E-state index contributed by atoms with van der Waals surface area (Å²) in [6.07, 6.45) is 4.45. The first-order chi connectivity index (χ1) is 12.6. The fourth-order valence-corrected chi connectivity index (χ4v) is 2.30. The predicted molar refractivity (Wildman–Crippen MR) is 96.7 cm³/mol. The van der Waals surface area contributed by atoms with Crippen molar-refractivity contribution in [3.05, 3.63) is 85.0 Å². The predicted octanol–water partition coefficient (Wildman–Crippen LogP) is 3.39. The van der Waals surface area contributed by atoms with Crippen LogP contribution in [0.25, 0.3) is 5.69 Å². The number of carbonyl (C=O) groups excluding carboxylic acids is 2. The van der Waals surface area contributed by atoms with E-state index in [4.69, 9.17) is 0 Å². The summed E-state index contributed by atoms with van der Waals surface area (Å²) in [6, 6.07) is 12.6. The zero-order valence-electron chi connectivity index (χ0n) is 13.6. The molecule has 0 radical (unpaired) electrons. The summed E-state index contributed by atoms with van der Waals surface area (Å²) in [5.74, 6) is -1.52. The van der Waals surface area contributed by atoms with Gasteiger partial charge in [0.1, 0.15) is 5.82 Å². The van der Waals surface area contributed by atoms with E-state index in [1.807, 2.05) is 6.07 Å². The van der Waals surface area contributed by atoms with Crippen LogP contribution >= 0.6 is 0 Å². The molecule has 3 rings (SSSR count). The number of hydrogen-bond acceptors (Lipinski definition) is 3. The van der Waals surface area contributed by atoms with Gasteiger partial charge in [0.15, 0.2) is 0 Å². The Kier molecular flexibility index (Phi) is 4.89. The minimum absolute atomic E-state index is 0.0435. The molecule has 26 heavy (non-hydrogen) atoms. The molecule has 0 aliphatic carbocycles. The average molecular weight is 350 g/mol. The Hall–Kier alpha value is -3.74. The maximum absolute atomic E-state index is 13.8. The Bertz CT molecular complexity index is 967. The molecule has 1 heterocycles. The van der Waals surface area contributed by atoms with Crippen LogP contribution in [-0.2, 0) is 4.79 Å². The highest BCUT2D eigenvalue weighted by molar-refractivity contribution is 6.05. The Balaban J connectivity index is 1.80. The summed E-state index contributed by atoms with van der Waals surface area (Å²) in [5, 5.41) is 9.15. The number of halogens is 1. The monoisotopic (exact) mass is 350 g/mol. The van der Waals surface area contributed by atoms with E-state index >= 15 is 0 Å². The maximum atomic E-state index is 13.8. The molecule has 2 N–H and O–H groups in total. The molecule has 0 atom stereocenters. The van der Waals surface area contributed by atoms with Crippen molar-refractivity contribution in [3.63, 3.8) is 0 Å². The van der Waals surface area contributed by atoms with Gasteiger partial charge in [-0.1, -0.05) is 12.6 Å². The lowest BCUT2D eigenvalue weighted by molar-refractivity contribution is -0.111. The van der Waals surface area contributed by atoms with Crippen LogP contribution < -0.4 is 10.6 Å². The molecule has 0 fully saturated rings. The molecule has 0 saturated carbocycles. The third kappa shape index (κ3) is 3.84. The molecule has 3 aromatic rings. The highest BCUT2D eigenvalue weighted by Crippen LogP contribution is 2.20. The van der Waals surface area contributed by atoms with Crippen molar-refractivity contribution in [2.24, 2.45) is 0 Å². The van der Waals surface area contributed by atoms with E-state index in [9.17, 15) is 14.0 Å². The van der Waals surface area contributed by atoms with Crippen LogP contribution in [0.15, 0.2) is 73.6 Å². The Morgan fingerprint density at radius 3 is 2.69 bits per heavy atom. The van der Waals surface area contributed by atoms with Gasteiger partial charge in [0.05, 0.1) is 11.4 Å². The Morgan fingerprint density at radius 1 is 1.12 bits per heavy atom. The van der Waals surface area contributed by atoms with Gasteiger partial charge >= 0.3 is 0 Å². The van der Waals surface area contributed by atoms with Crippen LogP contribution in [0.5, 0.6) is 0 Å². The van der Waals surface area contributed by atoms with Crippen molar-refractivity contribution >= 4 is 23.2 Å². The molecule has 0 aliphatic heterocycles. The van der Waals surface area contributed by atoms with Crippen molar-refractivity contribution in [2.45, 2.75) is 0 Å². The van der Waals surface area contributed by atoms with Crippen LogP contribution in [0.2, 0.25) is 0 Å². The molecule has 2 amide bonds. The second-order valence-electron chi connectivity index (χ2n) is 5.34. The van der Waals surface area contributed by atoms with Crippen molar-refractivity contribution in [2.75, 3.05) is 10.6 Å². The van der Waals surface area contributed by atoms with Crippen molar-refractivity contribution < 1.29 is 14.0 Å². The third-order valence-electron chi connectivity index (χ3n) is 3.54. The second kappa shape index (κ2) is 7.43. The highest BCUT2D eigenvalue weighted by atomic mass is 19.1. The van der Waals surface area contributed by atoms with E-state index in [-0.39, 0.29) is 11.6 Å². The lowest BCUT2D eigenvalue weighted by Gasteiger charge is -2.10. The smallest absolute Gasteiger partial charge is 0.255 e. The van der Waals surface area contributed by atoms with Gasteiger partial charge in [-0.25, -0.2) is 9.07 Å². The number of nitrogens with one attached hydrogen (secondary N) is 2. The van der Waals surface area contributed by atoms with Crippen LogP contribution in [0.3, 0.4) is 0 Å². The lowest BCUT2D eigenvalue weighted by Crippen LogP contribution is -2.14. The molecule has 0 unspecified atom stereocenters. The van der Waals surface area contributed by atoms with Crippen LogP contribution in [0, 0.1) is 5.82 Å². The fraction of sp³-hybridized carbons (Fsp3) is 0. The van der Waals surface area contributed by atoms with Crippen molar-refractivity contribution in [3.8, 4) is 5.69 Å². The van der Waals surface area contributed by atoms with E-state index < -0.39 is 11.7 Å². The van der Waals surface area contributed by atoms with Gasteiger partial charge < -0.3 is 10.6 Å². The van der Waals surface area contributed by atoms with Gasteiger partial charge in [-0.3, -0.25) is 9.59 Å². The van der Waals surface area contributed by atoms with Gasteiger partial charge in [-0.05, 0) is 48.5 Å². The molecule has 2 aromatic carbocycles. The molecule has 130 valence electrons. The van der Waals surface area contributed by atoms with E-state index in [0.29, 0.717) is 11.3 Å². The fourth-order valence-electron chi connectivity index (χ4n) is 2.30. The van der Waals surface area contributed by atoms with E-state index in [0.717, 1.165) is 17.8 Å². The molecule has 0 aliphatic rings. The van der Waals surface area contributed by atoms with Gasteiger partial charge in [-0.2, -0.15) is 5.10 Å². The first-order valence-corrected chi connectivity index (χ1v) is 7.71. The topological polar surface area (TPSA) is 76.0 Å². The van der Waals surface area contributed by atoms with Crippen LogP contribution in [0.1, 0.15) is 10.4 Å². The van der Waals surface area contributed by atoms with Gasteiger partial charge in [0, 0.05) is 23.6 Å². The molecule has 0 spiro atoms. The van der Waals surface area contributed by atoms with Gasteiger partial charge in [0.2, 0.25) is 5.91 Å². The molecular weight excluding hydrogens is 335 g/mol. The number of rotatable bonds is 5. The highest BCUT2D eigenvalue weighted by Gasteiger charge is 2.11. The van der Waals surface area contributed by atoms with Gasteiger partial charge in [0.25, 0.3) is 5.91 Å². The number of carbonyl (C=O) groups is 2. The number of benzene rings is 2. The van der Waals surface area contributed by atoms with E-state index in [1.165, 1.54) is 12.1 Å². The number of anilines is 2. The minimum Gasteiger partial charge on any atom is -0.322 e. The summed E-state index contributed by atoms with van der Waals surface area (Å²) in [7, 11) is 0. The number of nitrogens with zero attached hydrogens (tertiary/aromatic N) is 2. The number of amides is 2. The average Bonchev–Trinajstić information content (AvgIpc) is 3.19. The van der Waals surface area contributed by atoms with Crippen molar-refractivity contribution in [1.82, 2.24) is 9.78 Å². The van der Waals surface area contributed by atoms with Crippen LogP contribution in [0.4, 0.5) is 15.8 Å². The first-order valence-electron chi connectivity index (χ1n) is 7.71. The standard InChI is InChI=1S/C19H15FN4O2/c1-2-18(25)23-17-12-14(7-8-16(17)20)22-19(26)13-5-3-6-15(11-13)24-10-4-9-21-24/h2-12H,1H2,(H,22,26)(H,23,25). The zero-order valence-corrected chi connectivity index (χ0v) is 13.6. The summed E-state index contributed by atoms with van der Waals surface area (Å²) < 4.78 is 15.4. The maximum Gasteiger partial charge on any atom is 0.255 e. The zero-order chi connectivity index (χ0) is 18.5. The first kappa shape index (κ1) is 17.1. The largest absolute Gasteiger partial charge is 0.322 e. The lowest BCUT2D eigenvalue weighted by atomic mass is 10.1.